The molecule has 0 aliphatic carbocycles. The van der Waals surface area contributed by atoms with Gasteiger partial charge >= 0.3 is 0 Å². The average Bonchev–Trinajstić information content (AvgIpc) is 3.76. The fraction of sp³-hybridized carbons (Fsp3) is 0.341. The molecular formula is C44H43BrFN5O6S. The van der Waals surface area contributed by atoms with E-state index in [1.807, 2.05) is 42.5 Å². The van der Waals surface area contributed by atoms with Gasteiger partial charge in [-0.2, -0.15) is 0 Å². The summed E-state index contributed by atoms with van der Waals surface area (Å²) < 4.78 is 30.5. The molecule has 2 N–H and O–H groups in total. The molecule has 11 nitrogen and oxygen atoms in total. The van der Waals surface area contributed by atoms with Crippen molar-refractivity contribution in [1.29, 1.82) is 0 Å². The first kappa shape index (κ1) is 38.5. The van der Waals surface area contributed by atoms with Crippen LogP contribution in [0.15, 0.2) is 83.3 Å². The molecule has 0 saturated carbocycles. The number of likely N-dealkylation sites (tertiary alicyclic amines) is 1. The number of fused-ring (bicyclic) bond motifs is 2. The maximum absolute atomic E-state index is 15.9. The van der Waals surface area contributed by atoms with Crippen LogP contribution < -0.4 is 19.7 Å². The summed E-state index contributed by atoms with van der Waals surface area (Å²) in [7, 11) is 0. The highest BCUT2D eigenvalue weighted by Gasteiger charge is 2.41. The van der Waals surface area contributed by atoms with E-state index < -0.39 is 17.8 Å². The number of carbonyl (C=O) groups is 3. The topological polar surface area (TPSA) is 115 Å². The van der Waals surface area contributed by atoms with Gasteiger partial charge in [0, 0.05) is 70.9 Å². The van der Waals surface area contributed by atoms with Gasteiger partial charge in [0.1, 0.15) is 29.9 Å². The Morgan fingerprint density at radius 2 is 1.60 bits per heavy atom. The zero-order chi connectivity index (χ0) is 39.9. The molecule has 3 saturated heterocycles. The Hall–Kier alpha value is -5.02. The molecule has 4 aliphatic rings. The summed E-state index contributed by atoms with van der Waals surface area (Å²) in [5.41, 5.74) is 2.16. The minimum absolute atomic E-state index is 0.0293. The number of rotatable bonds is 10. The van der Waals surface area contributed by atoms with Gasteiger partial charge in [0.25, 0.3) is 5.91 Å². The maximum Gasteiger partial charge on any atom is 0.255 e. The Balaban J connectivity index is 0.734. The van der Waals surface area contributed by atoms with Crippen LogP contribution in [-0.2, 0) is 16.1 Å². The zero-order valence-electron chi connectivity index (χ0n) is 31.8. The number of hydrogen-bond acceptors (Lipinski definition) is 10. The number of imide groups is 1. The van der Waals surface area contributed by atoms with E-state index in [0.29, 0.717) is 48.3 Å². The Morgan fingerprint density at radius 1 is 0.862 bits per heavy atom. The first-order valence-electron chi connectivity index (χ1n) is 19.8. The van der Waals surface area contributed by atoms with Gasteiger partial charge in [-0.3, -0.25) is 29.5 Å². The van der Waals surface area contributed by atoms with E-state index in [9.17, 15) is 19.5 Å². The van der Waals surface area contributed by atoms with Crippen molar-refractivity contribution in [3.8, 4) is 33.4 Å². The minimum atomic E-state index is -0.766. The van der Waals surface area contributed by atoms with Gasteiger partial charge < -0.3 is 24.4 Å². The predicted octanol–water partition coefficient (Wildman–Crippen LogP) is 7.39. The summed E-state index contributed by atoms with van der Waals surface area (Å²) in [4.78, 5) is 46.6. The molecule has 5 aromatic rings. The van der Waals surface area contributed by atoms with Crippen LogP contribution in [0.1, 0.15) is 41.6 Å². The molecule has 0 radical (unpaired) electrons. The summed E-state index contributed by atoms with van der Waals surface area (Å²) in [5, 5.41) is 13.3. The molecular weight excluding hydrogens is 825 g/mol. The second-order valence-electron chi connectivity index (χ2n) is 15.3. The van der Waals surface area contributed by atoms with Crippen LogP contribution in [-0.4, -0.2) is 102 Å². The van der Waals surface area contributed by atoms with Crippen molar-refractivity contribution in [1.82, 2.24) is 20.0 Å². The Bertz CT molecular complexity index is 2360. The van der Waals surface area contributed by atoms with Crippen LogP contribution >= 0.6 is 27.3 Å². The highest BCUT2D eigenvalue weighted by molar-refractivity contribution is 9.10. The first-order chi connectivity index (χ1) is 28.2. The minimum Gasteiger partial charge on any atom is -0.508 e. The number of piperazine rings is 1. The number of nitrogens with zero attached hydrogens (tertiary/aromatic N) is 4. The molecule has 3 fully saturated rings. The third kappa shape index (κ3) is 7.78. The smallest absolute Gasteiger partial charge is 0.255 e. The van der Waals surface area contributed by atoms with Crippen molar-refractivity contribution in [3.63, 3.8) is 0 Å². The van der Waals surface area contributed by atoms with E-state index in [1.54, 1.807) is 35.6 Å². The van der Waals surface area contributed by atoms with Crippen LogP contribution in [0.5, 0.6) is 23.0 Å². The van der Waals surface area contributed by atoms with Crippen molar-refractivity contribution >= 4 is 60.8 Å². The van der Waals surface area contributed by atoms with E-state index in [0.717, 1.165) is 82.1 Å². The summed E-state index contributed by atoms with van der Waals surface area (Å²) in [5.74, 6) is 0.864. The lowest BCUT2D eigenvalue weighted by atomic mass is 10.0. The SMILES string of the molecule is O=C1CCC(N2Cc3c(ccc(N4CCN(C5CCN(CCOc6ccc(Oc7c(-c8ccc(Br)cc8)sc8cc(O)ccc78)cc6)CC5)CC4)c3F)C2=O)C(=O)N1. The van der Waals surface area contributed by atoms with E-state index in [1.165, 1.54) is 4.90 Å². The van der Waals surface area contributed by atoms with Gasteiger partial charge in [-0.05, 0) is 105 Å². The number of aromatic hydroxyl groups is 1. The van der Waals surface area contributed by atoms with Crippen LogP contribution in [0.2, 0.25) is 0 Å². The van der Waals surface area contributed by atoms with Gasteiger partial charge in [-0.15, -0.1) is 11.3 Å². The standard InChI is InChI=1S/C44H43BrFN5O6S/c45-28-3-1-27(2-4-28)42-41(34-10-5-30(52)25-38(34)58-42)57-32-8-6-31(7-9-32)56-24-23-48-17-15-29(16-18-48)49-19-21-50(22-20-49)36-12-11-33-35(40(36)46)26-51(44(33)55)37-13-14-39(53)47-43(37)54/h1-12,25,29,37,52H,13-24,26H2,(H,47,53,54). The van der Waals surface area contributed by atoms with Crippen molar-refractivity contribution in [2.45, 2.75) is 44.3 Å². The fourth-order valence-electron chi connectivity index (χ4n) is 8.64. The number of phenolic OH excluding ortho intramolecular Hbond substituents is 1. The van der Waals surface area contributed by atoms with Crippen molar-refractivity contribution in [2.75, 3.05) is 57.3 Å². The lowest BCUT2D eigenvalue weighted by molar-refractivity contribution is -0.136. The largest absolute Gasteiger partial charge is 0.508 e. The highest BCUT2D eigenvalue weighted by Crippen LogP contribution is 2.47. The number of amides is 3. The van der Waals surface area contributed by atoms with Gasteiger partial charge in [0.05, 0.1) is 17.1 Å². The maximum atomic E-state index is 15.9. The number of carbonyl (C=O) groups excluding carboxylic acids is 3. The first-order valence-corrected chi connectivity index (χ1v) is 21.4. The van der Waals surface area contributed by atoms with Crippen molar-refractivity contribution in [2.24, 2.45) is 0 Å². The Morgan fingerprint density at radius 3 is 2.34 bits per heavy atom. The van der Waals surface area contributed by atoms with Crippen LogP contribution in [0.25, 0.3) is 20.5 Å². The number of thiophene rings is 1. The highest BCUT2D eigenvalue weighted by atomic mass is 79.9. The molecule has 300 valence electrons. The van der Waals surface area contributed by atoms with E-state index in [2.05, 4.69) is 48.1 Å². The average molecular weight is 869 g/mol. The third-order valence-corrected chi connectivity index (χ3v) is 13.5. The normalized spacial score (nSPS) is 19.5. The number of hydrogen-bond donors (Lipinski definition) is 2. The Labute approximate surface area is 348 Å². The van der Waals surface area contributed by atoms with Crippen LogP contribution in [0.4, 0.5) is 10.1 Å². The zero-order valence-corrected chi connectivity index (χ0v) is 34.2. The second-order valence-corrected chi connectivity index (χ2v) is 17.3. The number of piperidine rings is 2. The number of halogens is 2. The molecule has 9 rings (SSSR count). The monoisotopic (exact) mass is 867 g/mol. The molecule has 1 unspecified atom stereocenters. The van der Waals surface area contributed by atoms with Gasteiger partial charge in [0.2, 0.25) is 11.8 Å². The molecule has 1 atom stereocenters. The molecule has 1 aromatic heterocycles. The third-order valence-electron chi connectivity index (χ3n) is 11.8. The fourth-order valence-corrected chi connectivity index (χ4v) is 10.1. The van der Waals surface area contributed by atoms with Gasteiger partial charge in [-0.25, -0.2) is 4.39 Å². The molecule has 4 aliphatic heterocycles. The number of anilines is 1. The van der Waals surface area contributed by atoms with Crippen LogP contribution in [0, 0.1) is 5.82 Å². The van der Waals surface area contributed by atoms with Gasteiger partial charge in [0.15, 0.2) is 11.6 Å². The van der Waals surface area contributed by atoms with E-state index in [4.69, 9.17) is 9.47 Å². The number of benzene rings is 4. The van der Waals surface area contributed by atoms with E-state index >= 15 is 4.39 Å². The molecule has 58 heavy (non-hydrogen) atoms. The van der Waals surface area contributed by atoms with Gasteiger partial charge in [-0.1, -0.05) is 28.1 Å². The number of phenols is 1. The summed E-state index contributed by atoms with van der Waals surface area (Å²) >= 11 is 5.11. The van der Waals surface area contributed by atoms with Crippen molar-refractivity contribution < 1.29 is 33.4 Å². The summed E-state index contributed by atoms with van der Waals surface area (Å²) in [6, 6.07) is 24.3. The summed E-state index contributed by atoms with van der Waals surface area (Å²) in [6.45, 7) is 6.49. The quantitative estimate of drug-likeness (QED) is 0.139. The molecule has 3 amide bonds. The molecule has 5 heterocycles. The molecule has 14 heteroatoms. The second kappa shape index (κ2) is 16.3. The predicted molar refractivity (Wildman–Crippen MR) is 224 cm³/mol. The number of ether oxygens (including phenoxy) is 2. The molecule has 0 spiro atoms. The lowest BCUT2D eigenvalue weighted by Crippen LogP contribution is -2.53. The van der Waals surface area contributed by atoms with Crippen molar-refractivity contribution in [3.05, 3.63) is 100 Å². The Kier molecular flexibility index (Phi) is 10.8. The van der Waals surface area contributed by atoms with Crippen LogP contribution in [0.3, 0.4) is 0 Å². The number of nitrogens with one attached hydrogen (secondary N) is 1. The molecule has 4 aromatic carbocycles. The summed E-state index contributed by atoms with van der Waals surface area (Å²) in [6.07, 6.45) is 2.54. The van der Waals surface area contributed by atoms with E-state index in [-0.39, 0.29) is 37.0 Å². The lowest BCUT2D eigenvalue weighted by Gasteiger charge is -2.43. The molecule has 0 bridgehead atoms.